The summed E-state index contributed by atoms with van der Waals surface area (Å²) in [6.45, 7) is 4.98. The van der Waals surface area contributed by atoms with Gasteiger partial charge in [0.15, 0.2) is 0 Å². The monoisotopic (exact) mass is 293 g/mol. The van der Waals surface area contributed by atoms with Crippen molar-refractivity contribution >= 4 is 0 Å². The van der Waals surface area contributed by atoms with Crippen LogP contribution in [0.5, 0.6) is 0 Å². The molecule has 2 heteroatoms. The average Bonchev–Trinajstić information content (AvgIpc) is 2.76. The Hall–Kier alpha value is -0.110. The molecule has 2 N–H and O–H groups in total. The molecule has 4 aliphatic rings. The van der Waals surface area contributed by atoms with Gasteiger partial charge in [-0.3, -0.25) is 0 Å². The Kier molecular flexibility index (Phi) is 3.24. The number of alkyl halides is 1. The summed E-state index contributed by atoms with van der Waals surface area (Å²) in [7, 11) is 0. The summed E-state index contributed by atoms with van der Waals surface area (Å²) in [5.41, 5.74) is 7.31. The van der Waals surface area contributed by atoms with Crippen LogP contribution in [0.15, 0.2) is 0 Å². The number of nitrogens with two attached hydrogens (primary N) is 1. The van der Waals surface area contributed by atoms with Crippen LogP contribution in [-0.2, 0) is 0 Å². The van der Waals surface area contributed by atoms with Crippen LogP contribution in [-0.4, -0.2) is 12.2 Å². The van der Waals surface area contributed by atoms with Crippen LogP contribution < -0.4 is 5.73 Å². The first-order valence-electron chi connectivity index (χ1n) is 9.35. The topological polar surface area (TPSA) is 26.0 Å². The Morgan fingerprint density at radius 2 is 1.57 bits per heavy atom. The minimum absolute atomic E-state index is 0.404. The first kappa shape index (κ1) is 14.5. The van der Waals surface area contributed by atoms with Crippen LogP contribution in [0, 0.1) is 34.5 Å². The molecule has 0 radical (unpaired) electrons. The number of rotatable bonds is 0. The van der Waals surface area contributed by atoms with E-state index in [1.54, 1.807) is 0 Å². The number of hydrogen-bond acceptors (Lipinski definition) is 1. The number of halogens is 1. The van der Waals surface area contributed by atoms with E-state index in [2.05, 4.69) is 13.8 Å². The Labute approximate surface area is 129 Å². The van der Waals surface area contributed by atoms with Gasteiger partial charge >= 0.3 is 0 Å². The fourth-order valence-electron chi connectivity index (χ4n) is 7.25. The highest BCUT2D eigenvalue weighted by Gasteiger charge is 2.59. The predicted octanol–water partition coefficient (Wildman–Crippen LogP) is 4.69. The fourth-order valence-corrected chi connectivity index (χ4v) is 7.25. The maximum atomic E-state index is 13.9. The molecule has 0 saturated heterocycles. The zero-order valence-electron chi connectivity index (χ0n) is 13.8. The smallest absolute Gasteiger partial charge is 0.100 e. The molecule has 4 fully saturated rings. The third-order valence-electron chi connectivity index (χ3n) is 8.68. The van der Waals surface area contributed by atoms with Crippen molar-refractivity contribution in [2.24, 2.45) is 40.2 Å². The molecule has 21 heavy (non-hydrogen) atoms. The van der Waals surface area contributed by atoms with Gasteiger partial charge < -0.3 is 5.73 Å². The van der Waals surface area contributed by atoms with Gasteiger partial charge in [-0.1, -0.05) is 13.8 Å². The van der Waals surface area contributed by atoms with E-state index in [4.69, 9.17) is 5.73 Å². The molecule has 0 spiro atoms. The van der Waals surface area contributed by atoms with Gasteiger partial charge in [-0.25, -0.2) is 4.39 Å². The van der Waals surface area contributed by atoms with E-state index >= 15 is 0 Å². The van der Waals surface area contributed by atoms with E-state index in [0.29, 0.717) is 22.8 Å². The summed E-state index contributed by atoms with van der Waals surface area (Å²) < 4.78 is 13.9. The van der Waals surface area contributed by atoms with Crippen LogP contribution >= 0.6 is 0 Å². The molecule has 0 heterocycles. The number of fused-ring (bicyclic) bond motifs is 5. The summed E-state index contributed by atoms with van der Waals surface area (Å²) in [5.74, 6) is 3.25. The lowest BCUT2D eigenvalue weighted by molar-refractivity contribution is -0.115. The molecule has 0 aromatic carbocycles. The molecule has 0 aliphatic heterocycles. The standard InChI is InChI=1S/C19H32FN/c1-18-9-7-13(20)11-12(18)3-4-14-15-5-6-17(21)19(15,2)10-8-16(14)18/h12-17H,3-11,21H2,1-2H3. The Morgan fingerprint density at radius 1 is 0.857 bits per heavy atom. The molecule has 1 nitrogen and oxygen atoms in total. The van der Waals surface area contributed by atoms with Crippen LogP contribution in [0.2, 0.25) is 0 Å². The molecule has 0 amide bonds. The summed E-state index contributed by atoms with van der Waals surface area (Å²) in [4.78, 5) is 0. The van der Waals surface area contributed by atoms with E-state index in [1.807, 2.05) is 0 Å². The van der Waals surface area contributed by atoms with Crippen molar-refractivity contribution < 1.29 is 4.39 Å². The van der Waals surface area contributed by atoms with Gasteiger partial charge in [0.1, 0.15) is 6.17 Å². The Morgan fingerprint density at radius 3 is 2.38 bits per heavy atom. The van der Waals surface area contributed by atoms with Crippen molar-refractivity contribution in [3.8, 4) is 0 Å². The summed E-state index contributed by atoms with van der Waals surface area (Å²) in [6.07, 6.45) is 10.2. The van der Waals surface area contributed by atoms with E-state index in [0.717, 1.165) is 37.0 Å². The van der Waals surface area contributed by atoms with Gasteiger partial charge in [0.2, 0.25) is 0 Å². The lowest BCUT2D eigenvalue weighted by Crippen LogP contribution is -2.55. The van der Waals surface area contributed by atoms with Crippen LogP contribution in [0.25, 0.3) is 0 Å². The third-order valence-corrected chi connectivity index (χ3v) is 8.68. The van der Waals surface area contributed by atoms with Crippen molar-refractivity contribution in [2.75, 3.05) is 0 Å². The van der Waals surface area contributed by atoms with E-state index in [1.165, 1.54) is 38.5 Å². The van der Waals surface area contributed by atoms with E-state index < -0.39 is 6.17 Å². The highest BCUT2D eigenvalue weighted by atomic mass is 19.1. The average molecular weight is 293 g/mol. The lowest BCUT2D eigenvalue weighted by Gasteiger charge is -2.60. The third kappa shape index (κ3) is 1.90. The van der Waals surface area contributed by atoms with Crippen molar-refractivity contribution in [1.29, 1.82) is 0 Å². The fraction of sp³-hybridized carbons (Fsp3) is 1.00. The highest BCUT2D eigenvalue weighted by molar-refractivity contribution is 5.10. The van der Waals surface area contributed by atoms with E-state index in [-0.39, 0.29) is 0 Å². The van der Waals surface area contributed by atoms with E-state index in [9.17, 15) is 4.39 Å². The second-order valence-corrected chi connectivity index (χ2v) is 9.26. The number of hydrogen-bond donors (Lipinski definition) is 1. The van der Waals surface area contributed by atoms with Gasteiger partial charge in [-0.2, -0.15) is 0 Å². The zero-order chi connectivity index (χ0) is 14.8. The van der Waals surface area contributed by atoms with Crippen molar-refractivity contribution in [3.05, 3.63) is 0 Å². The summed E-state index contributed by atoms with van der Waals surface area (Å²) in [5, 5.41) is 0. The molecule has 0 aromatic rings. The molecule has 4 rings (SSSR count). The lowest BCUT2D eigenvalue weighted by atomic mass is 9.45. The molecule has 4 aliphatic carbocycles. The maximum absolute atomic E-state index is 13.9. The maximum Gasteiger partial charge on any atom is 0.100 e. The minimum atomic E-state index is -0.520. The zero-order valence-corrected chi connectivity index (χ0v) is 13.8. The van der Waals surface area contributed by atoms with Crippen molar-refractivity contribution in [2.45, 2.75) is 83.8 Å². The molecule has 4 saturated carbocycles. The molecule has 8 unspecified atom stereocenters. The molecular formula is C19H32FN. The molecular weight excluding hydrogens is 261 g/mol. The van der Waals surface area contributed by atoms with Gasteiger partial charge in [-0.15, -0.1) is 0 Å². The second kappa shape index (κ2) is 4.69. The quantitative estimate of drug-likeness (QED) is 0.688. The molecule has 8 atom stereocenters. The SMILES string of the molecule is CC12CCC3C(CCC4CC(F)CCC43C)C1CCC2N. The van der Waals surface area contributed by atoms with Crippen LogP contribution in [0.1, 0.15) is 71.6 Å². The largest absolute Gasteiger partial charge is 0.327 e. The molecule has 0 aromatic heterocycles. The molecule has 120 valence electrons. The normalized spacial score (nSPS) is 60.0. The second-order valence-electron chi connectivity index (χ2n) is 9.26. The van der Waals surface area contributed by atoms with Gasteiger partial charge in [-0.05, 0) is 92.3 Å². The summed E-state index contributed by atoms with van der Waals surface area (Å²) in [6, 6.07) is 0.426. The minimum Gasteiger partial charge on any atom is -0.327 e. The van der Waals surface area contributed by atoms with Crippen LogP contribution in [0.4, 0.5) is 4.39 Å². The Balaban J connectivity index is 1.62. The first-order valence-corrected chi connectivity index (χ1v) is 9.35. The highest BCUT2D eigenvalue weighted by Crippen LogP contribution is 2.66. The van der Waals surface area contributed by atoms with Crippen LogP contribution in [0.3, 0.4) is 0 Å². The molecule has 0 bridgehead atoms. The predicted molar refractivity (Wildman–Crippen MR) is 84.6 cm³/mol. The van der Waals surface area contributed by atoms with Gasteiger partial charge in [0, 0.05) is 6.04 Å². The van der Waals surface area contributed by atoms with Crippen molar-refractivity contribution in [3.63, 3.8) is 0 Å². The first-order chi connectivity index (χ1) is 9.95. The summed E-state index contributed by atoms with van der Waals surface area (Å²) >= 11 is 0. The van der Waals surface area contributed by atoms with Gasteiger partial charge in [0.05, 0.1) is 0 Å². The van der Waals surface area contributed by atoms with Crippen molar-refractivity contribution in [1.82, 2.24) is 0 Å². The Bertz CT molecular complexity index is 424. The van der Waals surface area contributed by atoms with Gasteiger partial charge in [0.25, 0.3) is 0 Å².